The van der Waals surface area contributed by atoms with Gasteiger partial charge in [-0.25, -0.2) is 0 Å². The molecule has 3 aliphatic rings. The molecule has 156 valence electrons. The highest BCUT2D eigenvalue weighted by atomic mass is 79.9. The summed E-state index contributed by atoms with van der Waals surface area (Å²) in [5, 5.41) is 0.879. The van der Waals surface area contributed by atoms with Crippen LogP contribution in [0, 0.1) is 17.8 Å². The second kappa shape index (κ2) is 7.09. The maximum atomic E-state index is 6.85. The summed E-state index contributed by atoms with van der Waals surface area (Å²) < 4.78 is 1.11. The molecule has 3 aromatic carbocycles. The van der Waals surface area contributed by atoms with Crippen molar-refractivity contribution in [1.82, 2.24) is 0 Å². The van der Waals surface area contributed by atoms with Crippen LogP contribution in [0.1, 0.15) is 44.2 Å². The fraction of sp³-hybridized carbons (Fsp3) is 0.310. The largest absolute Gasteiger partial charge is 0.0837 e. The van der Waals surface area contributed by atoms with Crippen LogP contribution in [0.3, 0.4) is 0 Å². The van der Waals surface area contributed by atoms with Crippen LogP contribution in [0.25, 0.3) is 22.3 Å². The van der Waals surface area contributed by atoms with Gasteiger partial charge in [-0.1, -0.05) is 82.5 Å². The summed E-state index contributed by atoms with van der Waals surface area (Å²) in [4.78, 5) is 0. The van der Waals surface area contributed by atoms with Gasteiger partial charge in [-0.3, -0.25) is 0 Å². The zero-order chi connectivity index (χ0) is 21.3. The zero-order valence-corrected chi connectivity index (χ0v) is 20.3. The third-order valence-corrected chi connectivity index (χ3v) is 8.90. The van der Waals surface area contributed by atoms with Gasteiger partial charge in [-0.05, 0) is 96.0 Å². The molecule has 3 aliphatic carbocycles. The van der Waals surface area contributed by atoms with Crippen molar-refractivity contribution in [3.05, 3.63) is 92.9 Å². The lowest BCUT2D eigenvalue weighted by molar-refractivity contribution is 0.168. The minimum absolute atomic E-state index is 0.0593. The number of halogens is 2. The van der Waals surface area contributed by atoms with Crippen LogP contribution in [-0.2, 0) is 5.41 Å². The molecule has 31 heavy (non-hydrogen) atoms. The molecule has 0 aliphatic heterocycles. The summed E-state index contributed by atoms with van der Waals surface area (Å²) in [5.74, 6) is 2.13. The molecule has 0 N–H and O–H groups in total. The van der Waals surface area contributed by atoms with E-state index in [-0.39, 0.29) is 5.41 Å². The van der Waals surface area contributed by atoms with E-state index in [9.17, 15) is 0 Å². The van der Waals surface area contributed by atoms with E-state index in [0.29, 0.717) is 5.92 Å². The van der Waals surface area contributed by atoms with Gasteiger partial charge in [0.05, 0.1) is 0 Å². The Morgan fingerprint density at radius 2 is 1.68 bits per heavy atom. The standard InChI is InChI=1S/C29H26BrCl/c1-17-12-21-14-22(13-17)29(16-18(21)2)25-4-3-5-27(31)28(25)24-11-8-20(15-26(24)29)19-6-9-23(30)10-7-19/h3-11,15-17,21-22H,12-14H2,1-2H3. The first-order valence-corrected chi connectivity index (χ1v) is 12.5. The van der Waals surface area contributed by atoms with Gasteiger partial charge in [-0.15, -0.1) is 0 Å². The molecule has 0 amide bonds. The molecule has 6 rings (SSSR count). The molecular weight excluding hydrogens is 464 g/mol. The average molecular weight is 490 g/mol. The highest BCUT2D eigenvalue weighted by molar-refractivity contribution is 9.10. The predicted molar refractivity (Wildman–Crippen MR) is 135 cm³/mol. The SMILES string of the molecule is CC1=CC2(c3cc(-c4ccc(Br)cc4)ccc3-c3c(Cl)cccc32)C2CC(C)CC1C2. The van der Waals surface area contributed by atoms with Gasteiger partial charge in [-0.2, -0.15) is 0 Å². The van der Waals surface area contributed by atoms with Crippen LogP contribution in [0.2, 0.25) is 5.02 Å². The lowest BCUT2D eigenvalue weighted by atomic mass is 9.55. The van der Waals surface area contributed by atoms with Gasteiger partial charge in [0.15, 0.2) is 0 Å². The van der Waals surface area contributed by atoms with Crippen molar-refractivity contribution in [2.24, 2.45) is 17.8 Å². The minimum atomic E-state index is -0.0593. The third kappa shape index (κ3) is 2.86. The Morgan fingerprint density at radius 1 is 0.903 bits per heavy atom. The Morgan fingerprint density at radius 3 is 2.48 bits per heavy atom. The summed E-state index contributed by atoms with van der Waals surface area (Å²) >= 11 is 10.4. The molecule has 1 spiro atoms. The van der Waals surface area contributed by atoms with Crippen LogP contribution in [0.15, 0.2) is 76.8 Å². The van der Waals surface area contributed by atoms with E-state index in [2.05, 4.69) is 96.5 Å². The first kappa shape index (κ1) is 19.8. The summed E-state index contributed by atoms with van der Waals surface area (Å²) in [5.41, 5.74) is 9.49. The summed E-state index contributed by atoms with van der Waals surface area (Å²) in [7, 11) is 0. The number of benzene rings is 3. The molecule has 2 heteroatoms. The van der Waals surface area contributed by atoms with Gasteiger partial charge in [0.25, 0.3) is 0 Å². The van der Waals surface area contributed by atoms with Crippen molar-refractivity contribution < 1.29 is 0 Å². The molecule has 0 aromatic heterocycles. The van der Waals surface area contributed by atoms with E-state index in [4.69, 9.17) is 11.6 Å². The molecule has 4 unspecified atom stereocenters. The Hall–Kier alpha value is -1.83. The van der Waals surface area contributed by atoms with Crippen molar-refractivity contribution in [1.29, 1.82) is 0 Å². The van der Waals surface area contributed by atoms with Crippen molar-refractivity contribution in [3.63, 3.8) is 0 Å². The van der Waals surface area contributed by atoms with Gasteiger partial charge in [0, 0.05) is 20.5 Å². The maximum absolute atomic E-state index is 6.85. The zero-order valence-electron chi connectivity index (χ0n) is 18.0. The number of fused-ring (bicyclic) bond motifs is 8. The first-order valence-electron chi connectivity index (χ1n) is 11.4. The van der Waals surface area contributed by atoms with E-state index < -0.39 is 0 Å². The molecule has 1 saturated carbocycles. The lowest BCUT2D eigenvalue weighted by Crippen LogP contribution is -2.42. The normalized spacial score (nSPS) is 28.3. The molecule has 4 atom stereocenters. The van der Waals surface area contributed by atoms with Crippen molar-refractivity contribution in [3.8, 4) is 22.3 Å². The Balaban J connectivity index is 1.64. The average Bonchev–Trinajstić information content (AvgIpc) is 3.04. The number of rotatable bonds is 1. The topological polar surface area (TPSA) is 0 Å². The van der Waals surface area contributed by atoms with Crippen LogP contribution in [0.4, 0.5) is 0 Å². The third-order valence-electron chi connectivity index (χ3n) is 8.06. The van der Waals surface area contributed by atoms with Crippen molar-refractivity contribution >= 4 is 27.5 Å². The molecule has 0 heterocycles. The van der Waals surface area contributed by atoms with Crippen LogP contribution >= 0.6 is 27.5 Å². The highest BCUT2D eigenvalue weighted by Crippen LogP contribution is 2.62. The quantitative estimate of drug-likeness (QED) is 0.299. The van der Waals surface area contributed by atoms with Gasteiger partial charge in [0.2, 0.25) is 0 Å². The fourth-order valence-corrected chi connectivity index (χ4v) is 7.29. The Bertz CT molecular complexity index is 1220. The van der Waals surface area contributed by atoms with E-state index in [1.165, 1.54) is 52.6 Å². The second-order valence-corrected chi connectivity index (χ2v) is 11.2. The molecule has 3 aromatic rings. The lowest BCUT2D eigenvalue weighted by Gasteiger charge is -2.49. The van der Waals surface area contributed by atoms with E-state index in [0.717, 1.165) is 21.3 Å². The van der Waals surface area contributed by atoms with E-state index in [1.807, 2.05) is 0 Å². The van der Waals surface area contributed by atoms with Crippen molar-refractivity contribution in [2.45, 2.75) is 38.5 Å². The number of allylic oxidation sites excluding steroid dienone is 2. The van der Waals surface area contributed by atoms with E-state index in [1.54, 1.807) is 5.57 Å². The maximum Gasteiger partial charge on any atom is 0.0487 e. The predicted octanol–water partition coefficient (Wildman–Crippen LogP) is 9.05. The molecule has 0 nitrogen and oxygen atoms in total. The fourth-order valence-electron chi connectivity index (χ4n) is 6.75. The first-order chi connectivity index (χ1) is 15.0. The van der Waals surface area contributed by atoms with Gasteiger partial charge in [0.1, 0.15) is 0 Å². The smallest absolute Gasteiger partial charge is 0.0487 e. The summed E-state index contributed by atoms with van der Waals surface area (Å²) in [6.45, 7) is 4.81. The minimum Gasteiger partial charge on any atom is -0.0837 e. The van der Waals surface area contributed by atoms with Gasteiger partial charge >= 0.3 is 0 Å². The molecule has 0 saturated heterocycles. The highest BCUT2D eigenvalue weighted by Gasteiger charge is 2.52. The van der Waals surface area contributed by atoms with E-state index >= 15 is 0 Å². The van der Waals surface area contributed by atoms with Crippen molar-refractivity contribution in [2.75, 3.05) is 0 Å². The monoisotopic (exact) mass is 488 g/mol. The number of hydrogen-bond acceptors (Lipinski definition) is 0. The molecule has 0 radical (unpaired) electrons. The Labute approximate surface area is 198 Å². The molecule has 1 fully saturated rings. The second-order valence-electron chi connectivity index (χ2n) is 9.89. The Kier molecular flexibility index (Phi) is 4.53. The summed E-state index contributed by atoms with van der Waals surface area (Å²) in [6, 6.07) is 22.2. The summed E-state index contributed by atoms with van der Waals surface area (Å²) in [6.07, 6.45) is 6.54. The van der Waals surface area contributed by atoms with Gasteiger partial charge < -0.3 is 0 Å². The van der Waals surface area contributed by atoms with Crippen LogP contribution in [0.5, 0.6) is 0 Å². The number of hydrogen-bond donors (Lipinski definition) is 0. The van der Waals surface area contributed by atoms with Crippen LogP contribution in [-0.4, -0.2) is 0 Å². The molecule has 2 bridgehead atoms. The van der Waals surface area contributed by atoms with Crippen LogP contribution < -0.4 is 0 Å². The molecular formula is C29H26BrCl.